The standard InChI is InChI=1S/C21H25NO2/c1-3-4-12-24-20(23)13-19-21-15(2)8-7-11-18(21)17-10-6-5-9-16(17)14-22-19/h5-11,19,22H,3-4,12-14H2,1-2H3/t19-/m0/s1. The number of esters is 1. The van der Waals surface area contributed by atoms with Crippen LogP contribution in [-0.2, 0) is 16.1 Å². The maximum absolute atomic E-state index is 12.2. The van der Waals surface area contributed by atoms with Crippen LogP contribution in [0.4, 0.5) is 0 Å². The van der Waals surface area contributed by atoms with E-state index < -0.39 is 0 Å². The van der Waals surface area contributed by atoms with Crippen LogP contribution >= 0.6 is 0 Å². The van der Waals surface area contributed by atoms with E-state index in [0.717, 1.165) is 19.4 Å². The Morgan fingerprint density at radius 3 is 2.79 bits per heavy atom. The lowest BCUT2D eigenvalue weighted by Gasteiger charge is -2.20. The minimum absolute atomic E-state index is 0.0114. The Bertz CT molecular complexity index is 724. The molecule has 126 valence electrons. The molecule has 0 saturated carbocycles. The minimum Gasteiger partial charge on any atom is -0.466 e. The average Bonchev–Trinajstić information content (AvgIpc) is 2.74. The highest BCUT2D eigenvalue weighted by molar-refractivity contribution is 5.76. The van der Waals surface area contributed by atoms with Gasteiger partial charge in [0, 0.05) is 12.6 Å². The molecule has 0 spiro atoms. The molecule has 0 radical (unpaired) electrons. The van der Waals surface area contributed by atoms with Crippen molar-refractivity contribution >= 4 is 5.97 Å². The Morgan fingerprint density at radius 2 is 1.96 bits per heavy atom. The summed E-state index contributed by atoms with van der Waals surface area (Å²) in [5, 5.41) is 3.56. The molecule has 0 aliphatic carbocycles. The van der Waals surface area contributed by atoms with Gasteiger partial charge in [-0.25, -0.2) is 0 Å². The molecule has 1 heterocycles. The minimum atomic E-state index is -0.124. The van der Waals surface area contributed by atoms with Crippen LogP contribution in [-0.4, -0.2) is 12.6 Å². The number of fused-ring (bicyclic) bond motifs is 3. The number of hydrogen-bond donors (Lipinski definition) is 1. The van der Waals surface area contributed by atoms with Crippen molar-refractivity contribution < 1.29 is 9.53 Å². The van der Waals surface area contributed by atoms with Crippen LogP contribution < -0.4 is 5.32 Å². The van der Waals surface area contributed by atoms with Crippen LogP contribution in [0.25, 0.3) is 11.1 Å². The molecule has 1 atom stereocenters. The zero-order valence-electron chi connectivity index (χ0n) is 14.5. The second-order valence-electron chi connectivity index (χ2n) is 6.40. The number of rotatable bonds is 5. The molecule has 0 saturated heterocycles. The second kappa shape index (κ2) is 7.63. The van der Waals surface area contributed by atoms with Crippen molar-refractivity contribution in [3.8, 4) is 11.1 Å². The lowest BCUT2D eigenvalue weighted by atomic mass is 9.90. The molecule has 3 heteroatoms. The summed E-state index contributed by atoms with van der Waals surface area (Å²) in [5.74, 6) is -0.124. The summed E-state index contributed by atoms with van der Waals surface area (Å²) in [6.45, 7) is 5.49. The molecule has 0 amide bonds. The van der Waals surface area contributed by atoms with E-state index in [2.05, 4.69) is 61.6 Å². The van der Waals surface area contributed by atoms with Crippen LogP contribution in [0.1, 0.15) is 48.9 Å². The number of carbonyl (C=O) groups is 1. The van der Waals surface area contributed by atoms with Gasteiger partial charge in [0.25, 0.3) is 0 Å². The van der Waals surface area contributed by atoms with E-state index in [1.807, 2.05) is 0 Å². The summed E-state index contributed by atoms with van der Waals surface area (Å²) >= 11 is 0. The average molecular weight is 323 g/mol. The number of ether oxygens (including phenoxy) is 1. The fourth-order valence-electron chi connectivity index (χ4n) is 3.38. The third kappa shape index (κ3) is 3.51. The molecular formula is C21H25NO2. The van der Waals surface area contributed by atoms with Crippen molar-refractivity contribution in [2.45, 2.75) is 45.7 Å². The number of benzene rings is 2. The fourth-order valence-corrected chi connectivity index (χ4v) is 3.38. The predicted octanol–water partition coefficient (Wildman–Crippen LogP) is 4.54. The number of carbonyl (C=O) groups excluding carboxylic acids is 1. The van der Waals surface area contributed by atoms with Gasteiger partial charge in [0.2, 0.25) is 0 Å². The van der Waals surface area contributed by atoms with Crippen LogP contribution in [0.2, 0.25) is 0 Å². The number of nitrogens with one attached hydrogen (secondary N) is 1. The molecule has 2 aromatic carbocycles. The van der Waals surface area contributed by atoms with Gasteiger partial charge in [0.05, 0.1) is 13.0 Å². The maximum Gasteiger partial charge on any atom is 0.307 e. The normalized spacial score (nSPS) is 16.0. The summed E-state index contributed by atoms with van der Waals surface area (Å²) in [5.41, 5.74) is 6.18. The smallest absolute Gasteiger partial charge is 0.307 e. The molecule has 1 aliphatic heterocycles. The second-order valence-corrected chi connectivity index (χ2v) is 6.40. The summed E-state index contributed by atoms with van der Waals surface area (Å²) in [4.78, 5) is 12.2. The van der Waals surface area contributed by atoms with Crippen molar-refractivity contribution in [2.24, 2.45) is 0 Å². The first-order chi connectivity index (χ1) is 11.7. The van der Waals surface area contributed by atoms with E-state index in [9.17, 15) is 4.79 Å². The first-order valence-corrected chi connectivity index (χ1v) is 8.77. The SMILES string of the molecule is CCCCOC(=O)C[C@@H]1NCc2ccccc2-c2cccc(C)c21. The Labute approximate surface area is 144 Å². The fraction of sp³-hybridized carbons (Fsp3) is 0.381. The Hall–Kier alpha value is -2.13. The van der Waals surface area contributed by atoms with Gasteiger partial charge in [0.15, 0.2) is 0 Å². The first-order valence-electron chi connectivity index (χ1n) is 8.77. The van der Waals surface area contributed by atoms with Gasteiger partial charge in [-0.05, 0) is 41.2 Å². The van der Waals surface area contributed by atoms with Crippen LogP contribution in [0.5, 0.6) is 0 Å². The lowest BCUT2D eigenvalue weighted by Crippen LogP contribution is -2.24. The zero-order valence-corrected chi connectivity index (χ0v) is 14.5. The monoisotopic (exact) mass is 323 g/mol. The van der Waals surface area contributed by atoms with Gasteiger partial charge < -0.3 is 10.1 Å². The molecule has 0 fully saturated rings. The van der Waals surface area contributed by atoms with E-state index >= 15 is 0 Å². The molecule has 0 aromatic heterocycles. The van der Waals surface area contributed by atoms with Gasteiger partial charge in [-0.2, -0.15) is 0 Å². The number of aryl methyl sites for hydroxylation is 1. The highest BCUT2D eigenvalue weighted by atomic mass is 16.5. The van der Waals surface area contributed by atoms with Crippen molar-refractivity contribution in [3.05, 3.63) is 59.2 Å². The molecular weight excluding hydrogens is 298 g/mol. The number of hydrogen-bond acceptors (Lipinski definition) is 3. The van der Waals surface area contributed by atoms with E-state index in [4.69, 9.17) is 4.74 Å². The third-order valence-corrected chi connectivity index (χ3v) is 4.65. The summed E-state index contributed by atoms with van der Waals surface area (Å²) in [6.07, 6.45) is 2.33. The van der Waals surface area contributed by atoms with Gasteiger partial charge in [-0.15, -0.1) is 0 Å². The Kier molecular flexibility index (Phi) is 5.31. The van der Waals surface area contributed by atoms with Crippen molar-refractivity contribution in [1.82, 2.24) is 5.32 Å². The van der Waals surface area contributed by atoms with Crippen LogP contribution in [0.3, 0.4) is 0 Å². The summed E-state index contributed by atoms with van der Waals surface area (Å²) < 4.78 is 5.38. The summed E-state index contributed by atoms with van der Waals surface area (Å²) in [6, 6.07) is 14.8. The molecule has 0 bridgehead atoms. The van der Waals surface area contributed by atoms with Crippen molar-refractivity contribution in [1.29, 1.82) is 0 Å². The Balaban J connectivity index is 1.90. The predicted molar refractivity (Wildman–Crippen MR) is 96.7 cm³/mol. The van der Waals surface area contributed by atoms with Crippen molar-refractivity contribution in [3.63, 3.8) is 0 Å². The van der Waals surface area contributed by atoms with Gasteiger partial charge >= 0.3 is 5.97 Å². The van der Waals surface area contributed by atoms with E-state index in [1.54, 1.807) is 0 Å². The van der Waals surface area contributed by atoms with E-state index in [0.29, 0.717) is 13.0 Å². The molecule has 1 N–H and O–H groups in total. The van der Waals surface area contributed by atoms with Crippen molar-refractivity contribution in [2.75, 3.05) is 6.61 Å². The van der Waals surface area contributed by atoms with E-state index in [-0.39, 0.29) is 12.0 Å². The molecule has 2 aromatic rings. The highest BCUT2D eigenvalue weighted by Gasteiger charge is 2.25. The van der Waals surface area contributed by atoms with Gasteiger partial charge in [0.1, 0.15) is 0 Å². The van der Waals surface area contributed by atoms with Gasteiger partial charge in [-0.3, -0.25) is 4.79 Å². The Morgan fingerprint density at radius 1 is 1.17 bits per heavy atom. The number of unbranched alkanes of at least 4 members (excludes halogenated alkanes) is 1. The third-order valence-electron chi connectivity index (χ3n) is 4.65. The topological polar surface area (TPSA) is 38.3 Å². The van der Waals surface area contributed by atoms with Crippen LogP contribution in [0.15, 0.2) is 42.5 Å². The molecule has 0 unspecified atom stereocenters. The van der Waals surface area contributed by atoms with Gasteiger partial charge in [-0.1, -0.05) is 55.8 Å². The molecule has 3 nitrogen and oxygen atoms in total. The largest absolute Gasteiger partial charge is 0.466 e. The summed E-state index contributed by atoms with van der Waals surface area (Å²) in [7, 11) is 0. The lowest BCUT2D eigenvalue weighted by molar-refractivity contribution is -0.144. The van der Waals surface area contributed by atoms with E-state index in [1.165, 1.54) is 27.8 Å². The quantitative estimate of drug-likeness (QED) is 0.648. The highest BCUT2D eigenvalue weighted by Crippen LogP contribution is 2.37. The first kappa shape index (κ1) is 16.7. The molecule has 1 aliphatic rings. The molecule has 24 heavy (non-hydrogen) atoms. The maximum atomic E-state index is 12.2. The molecule has 3 rings (SSSR count). The zero-order chi connectivity index (χ0) is 16.9. The van der Waals surface area contributed by atoms with Crippen LogP contribution in [0, 0.1) is 6.92 Å².